The molecule has 1 aromatic carbocycles. The normalized spacial score (nSPS) is 10.5. The first-order valence-electron chi connectivity index (χ1n) is 7.03. The second-order valence-electron chi connectivity index (χ2n) is 5.13. The van der Waals surface area contributed by atoms with Crippen LogP contribution in [0.4, 0.5) is 11.5 Å². The van der Waals surface area contributed by atoms with Gasteiger partial charge in [-0.2, -0.15) is 0 Å². The number of benzene rings is 1. The monoisotopic (exact) mass is 325 g/mol. The summed E-state index contributed by atoms with van der Waals surface area (Å²) in [4.78, 5) is 21.5. The lowest BCUT2D eigenvalue weighted by Gasteiger charge is -2.09. The number of aryl methyl sites for hydroxylation is 1. The smallest absolute Gasteiger partial charge is 0.169 e. The lowest BCUT2D eigenvalue weighted by molar-refractivity contribution is 0.102. The van der Waals surface area contributed by atoms with Gasteiger partial charge in [0, 0.05) is 11.8 Å². The zero-order valence-corrected chi connectivity index (χ0v) is 13.5. The molecule has 0 radical (unpaired) electrons. The van der Waals surface area contributed by atoms with Gasteiger partial charge in [0.25, 0.3) is 0 Å². The van der Waals surface area contributed by atoms with Crippen LogP contribution in [0.5, 0.6) is 5.75 Å². The van der Waals surface area contributed by atoms with Crippen molar-refractivity contribution in [3.05, 3.63) is 53.2 Å². The predicted molar refractivity (Wildman–Crippen MR) is 91.5 cm³/mol. The molecule has 0 amide bonds. The Morgan fingerprint density at radius 2 is 2.00 bits per heavy atom. The molecular formula is C17H15N3O2S. The summed E-state index contributed by atoms with van der Waals surface area (Å²) in [6.45, 7) is 3.46. The number of Topliss-reactive ketones (excluding diaryl/α,β-unsaturated/α-hetero) is 1. The van der Waals surface area contributed by atoms with E-state index in [-0.39, 0.29) is 11.5 Å². The predicted octanol–water partition coefficient (Wildman–Crippen LogP) is 4.17. The minimum Gasteiger partial charge on any atom is -0.508 e. The van der Waals surface area contributed by atoms with Crippen molar-refractivity contribution < 1.29 is 9.90 Å². The Labute approximate surface area is 137 Å². The maximum Gasteiger partial charge on any atom is 0.169 e. The van der Waals surface area contributed by atoms with Crippen molar-refractivity contribution in [2.75, 3.05) is 5.32 Å². The van der Waals surface area contributed by atoms with Crippen LogP contribution >= 0.6 is 11.3 Å². The molecule has 0 atom stereocenters. The van der Waals surface area contributed by atoms with E-state index in [1.54, 1.807) is 25.1 Å². The zero-order valence-electron chi connectivity index (χ0n) is 12.7. The third-order valence-electron chi connectivity index (χ3n) is 3.35. The first kappa shape index (κ1) is 15.2. The Balaban J connectivity index is 1.88. The van der Waals surface area contributed by atoms with Crippen LogP contribution in [0.25, 0.3) is 10.6 Å². The van der Waals surface area contributed by atoms with Gasteiger partial charge in [0.1, 0.15) is 17.9 Å². The summed E-state index contributed by atoms with van der Waals surface area (Å²) >= 11 is 1.41. The molecule has 0 aliphatic heterocycles. The van der Waals surface area contributed by atoms with Gasteiger partial charge in [0.05, 0.1) is 15.4 Å². The van der Waals surface area contributed by atoms with E-state index >= 15 is 0 Å². The molecule has 0 saturated carbocycles. The van der Waals surface area contributed by atoms with E-state index in [1.807, 2.05) is 25.1 Å². The number of carbonyl (C=O) groups is 1. The molecule has 2 aromatic heterocycles. The van der Waals surface area contributed by atoms with E-state index in [1.165, 1.54) is 17.7 Å². The number of hydrogen-bond donors (Lipinski definition) is 2. The Kier molecular flexibility index (Phi) is 4.08. The number of aromatic hydroxyl groups is 1. The van der Waals surface area contributed by atoms with Gasteiger partial charge >= 0.3 is 0 Å². The molecule has 0 aliphatic rings. The summed E-state index contributed by atoms with van der Waals surface area (Å²) in [5.74, 6) is 0.932. The summed E-state index contributed by atoms with van der Waals surface area (Å²) in [6.07, 6.45) is 1.49. The topological polar surface area (TPSA) is 75.1 Å². The van der Waals surface area contributed by atoms with E-state index in [4.69, 9.17) is 0 Å². The number of nitrogens with zero attached hydrogens (tertiary/aromatic N) is 2. The second kappa shape index (κ2) is 6.18. The van der Waals surface area contributed by atoms with E-state index in [0.717, 1.165) is 21.8 Å². The lowest BCUT2D eigenvalue weighted by atomic mass is 10.2. The fourth-order valence-electron chi connectivity index (χ4n) is 2.15. The van der Waals surface area contributed by atoms with E-state index < -0.39 is 0 Å². The summed E-state index contributed by atoms with van der Waals surface area (Å²) in [5.41, 5.74) is 2.54. The molecule has 0 spiro atoms. The Bertz CT molecular complexity index is 874. The molecule has 6 heteroatoms. The molecule has 0 aliphatic carbocycles. The van der Waals surface area contributed by atoms with Crippen LogP contribution in [0.3, 0.4) is 0 Å². The molecule has 0 bridgehead atoms. The van der Waals surface area contributed by atoms with Crippen molar-refractivity contribution in [2.24, 2.45) is 0 Å². The molecule has 0 saturated heterocycles. The second-order valence-corrected chi connectivity index (χ2v) is 6.22. The third kappa shape index (κ3) is 3.37. The van der Waals surface area contributed by atoms with Crippen LogP contribution in [-0.4, -0.2) is 20.9 Å². The number of anilines is 2. The van der Waals surface area contributed by atoms with Crippen LogP contribution in [0.1, 0.15) is 22.2 Å². The first-order chi connectivity index (χ1) is 11.0. The van der Waals surface area contributed by atoms with Crippen molar-refractivity contribution in [3.63, 3.8) is 0 Å². The summed E-state index contributed by atoms with van der Waals surface area (Å²) in [6, 6.07) is 10.6. The Morgan fingerprint density at radius 1 is 1.17 bits per heavy atom. The van der Waals surface area contributed by atoms with E-state index in [9.17, 15) is 9.90 Å². The molecule has 5 nitrogen and oxygen atoms in total. The number of hydrogen-bond acceptors (Lipinski definition) is 6. The molecule has 0 unspecified atom stereocenters. The Morgan fingerprint density at radius 3 is 2.70 bits per heavy atom. The van der Waals surface area contributed by atoms with Gasteiger partial charge in [-0.3, -0.25) is 4.79 Å². The van der Waals surface area contributed by atoms with Gasteiger partial charge in [-0.25, -0.2) is 9.97 Å². The van der Waals surface area contributed by atoms with Crippen LogP contribution < -0.4 is 5.32 Å². The van der Waals surface area contributed by atoms with Crippen molar-refractivity contribution in [2.45, 2.75) is 13.8 Å². The van der Waals surface area contributed by atoms with Crippen molar-refractivity contribution in [1.82, 2.24) is 9.97 Å². The lowest BCUT2D eigenvalue weighted by Crippen LogP contribution is -1.96. The van der Waals surface area contributed by atoms with Gasteiger partial charge in [-0.1, -0.05) is 0 Å². The molecular weight excluding hydrogens is 310 g/mol. The van der Waals surface area contributed by atoms with Gasteiger partial charge in [0.2, 0.25) is 0 Å². The molecule has 23 heavy (non-hydrogen) atoms. The first-order valence-corrected chi connectivity index (χ1v) is 7.84. The van der Waals surface area contributed by atoms with Crippen LogP contribution in [-0.2, 0) is 0 Å². The maximum absolute atomic E-state index is 11.4. The number of aromatic nitrogens is 2. The summed E-state index contributed by atoms with van der Waals surface area (Å²) in [7, 11) is 0. The molecule has 2 heterocycles. The minimum absolute atomic E-state index is 0.0494. The number of phenolic OH excluding ortho intramolecular Hbond substituents is 1. The highest BCUT2D eigenvalue weighted by Gasteiger charge is 2.09. The van der Waals surface area contributed by atoms with E-state index in [2.05, 4.69) is 15.3 Å². The maximum atomic E-state index is 11.4. The fraction of sp³-hybridized carbons (Fsp3) is 0.118. The third-order valence-corrected chi connectivity index (χ3v) is 4.55. The molecule has 116 valence electrons. The SMILES string of the molecule is CC(=O)c1ccc(-c2cc(Nc3ccc(O)cc3C)ncn2)s1. The molecule has 2 N–H and O–H groups in total. The molecule has 3 aromatic rings. The number of ketones is 1. The highest BCUT2D eigenvalue weighted by molar-refractivity contribution is 7.17. The number of phenols is 1. The number of rotatable bonds is 4. The number of carbonyl (C=O) groups excluding carboxylic acids is 1. The summed E-state index contributed by atoms with van der Waals surface area (Å²) in [5, 5.41) is 12.7. The van der Waals surface area contributed by atoms with Crippen molar-refractivity contribution in [3.8, 4) is 16.3 Å². The minimum atomic E-state index is 0.0494. The van der Waals surface area contributed by atoms with Gasteiger partial charge in [-0.15, -0.1) is 11.3 Å². The van der Waals surface area contributed by atoms with Gasteiger partial charge < -0.3 is 10.4 Å². The van der Waals surface area contributed by atoms with E-state index in [0.29, 0.717) is 10.7 Å². The number of nitrogens with one attached hydrogen (secondary N) is 1. The van der Waals surface area contributed by atoms with Crippen LogP contribution in [0, 0.1) is 6.92 Å². The quantitative estimate of drug-likeness (QED) is 0.556. The highest BCUT2D eigenvalue weighted by Crippen LogP contribution is 2.29. The highest BCUT2D eigenvalue weighted by atomic mass is 32.1. The fourth-order valence-corrected chi connectivity index (χ4v) is 3.02. The largest absolute Gasteiger partial charge is 0.508 e. The molecule has 3 rings (SSSR count). The average Bonchev–Trinajstić information content (AvgIpc) is 3.01. The average molecular weight is 325 g/mol. The summed E-state index contributed by atoms with van der Waals surface area (Å²) < 4.78 is 0. The zero-order chi connectivity index (χ0) is 16.4. The van der Waals surface area contributed by atoms with Crippen LogP contribution in [0.2, 0.25) is 0 Å². The van der Waals surface area contributed by atoms with Crippen LogP contribution in [0.15, 0.2) is 42.7 Å². The number of thiophene rings is 1. The molecule has 0 fully saturated rings. The van der Waals surface area contributed by atoms with Crippen molar-refractivity contribution >= 4 is 28.6 Å². The van der Waals surface area contributed by atoms with Gasteiger partial charge in [-0.05, 0) is 49.7 Å². The van der Waals surface area contributed by atoms with Gasteiger partial charge in [0.15, 0.2) is 5.78 Å². The van der Waals surface area contributed by atoms with Crippen molar-refractivity contribution in [1.29, 1.82) is 0 Å². The standard InChI is InChI=1S/C17H15N3O2S/c1-10-7-12(22)3-4-13(10)20-17-8-14(18-9-19-17)16-6-5-15(23-16)11(2)21/h3-9,22H,1-2H3,(H,18,19,20). The Hall–Kier alpha value is -2.73.